The fourth-order valence-corrected chi connectivity index (χ4v) is 6.09. The molecule has 2 saturated heterocycles. The van der Waals surface area contributed by atoms with Gasteiger partial charge in [-0.05, 0) is 32.1 Å². The van der Waals surface area contributed by atoms with E-state index in [1.807, 2.05) is 11.8 Å². The number of fused-ring (bicyclic) bond motifs is 1. The van der Waals surface area contributed by atoms with Crippen molar-refractivity contribution in [3.63, 3.8) is 0 Å². The van der Waals surface area contributed by atoms with Gasteiger partial charge in [0.05, 0.1) is 58.3 Å². The van der Waals surface area contributed by atoms with Gasteiger partial charge in [-0.25, -0.2) is 9.59 Å². The van der Waals surface area contributed by atoms with Crippen molar-refractivity contribution >= 4 is 35.6 Å². The number of urea groups is 1. The van der Waals surface area contributed by atoms with Crippen molar-refractivity contribution in [2.24, 2.45) is 0 Å². The number of unbranched alkanes of at least 4 members (excludes halogenated alkanes) is 2. The Kier molecular flexibility index (Phi) is 18.7. The summed E-state index contributed by atoms with van der Waals surface area (Å²) in [6.45, 7) is 3.25. The Morgan fingerprint density at radius 3 is 2.31 bits per heavy atom. The average molecular weight is 615 g/mol. The first-order valence-corrected chi connectivity index (χ1v) is 15.7. The zero-order valence-electron chi connectivity index (χ0n) is 24.2. The second-order valence-corrected chi connectivity index (χ2v) is 11.3. The summed E-state index contributed by atoms with van der Waals surface area (Å²) in [5, 5.41) is 21.1. The van der Waals surface area contributed by atoms with E-state index in [4.69, 9.17) is 25.4 Å². The zero-order valence-corrected chi connectivity index (χ0v) is 25.1. The Balaban J connectivity index is 1.40. The Morgan fingerprint density at radius 1 is 0.929 bits per heavy atom. The van der Waals surface area contributed by atoms with Crippen LogP contribution < -0.4 is 21.3 Å². The molecule has 0 saturated carbocycles. The molecule has 0 spiro atoms. The maximum atomic E-state index is 12.1. The number of terminal acetylenes is 1. The summed E-state index contributed by atoms with van der Waals surface area (Å²) in [6, 6.07) is -0.679. The van der Waals surface area contributed by atoms with Crippen molar-refractivity contribution in [2.45, 2.75) is 74.7 Å². The first kappa shape index (κ1) is 35.6. The molecule has 0 aromatic carbocycles. The van der Waals surface area contributed by atoms with E-state index in [1.54, 1.807) is 0 Å². The molecule has 14 heteroatoms. The van der Waals surface area contributed by atoms with Crippen molar-refractivity contribution in [2.75, 3.05) is 65.2 Å². The van der Waals surface area contributed by atoms with Crippen LogP contribution in [0.1, 0.15) is 51.4 Å². The molecule has 2 aliphatic rings. The smallest absolute Gasteiger partial charge is 0.326 e. The van der Waals surface area contributed by atoms with Crippen LogP contribution in [0, 0.1) is 12.3 Å². The van der Waals surface area contributed by atoms with Gasteiger partial charge in [0.15, 0.2) is 0 Å². The van der Waals surface area contributed by atoms with Crippen molar-refractivity contribution in [3.8, 4) is 12.3 Å². The number of carboxylic acid groups (broad SMARTS) is 1. The van der Waals surface area contributed by atoms with Crippen molar-refractivity contribution in [3.05, 3.63) is 0 Å². The van der Waals surface area contributed by atoms with Gasteiger partial charge in [0, 0.05) is 30.4 Å². The van der Waals surface area contributed by atoms with Gasteiger partial charge in [0.25, 0.3) is 0 Å². The van der Waals surface area contributed by atoms with Gasteiger partial charge in [-0.3, -0.25) is 9.59 Å². The normalized spacial score (nSPS) is 19.8. The fraction of sp³-hybridized carbons (Fsp3) is 0.786. The maximum Gasteiger partial charge on any atom is 0.326 e. The number of nitrogens with one attached hydrogen (secondary N) is 4. The van der Waals surface area contributed by atoms with E-state index in [9.17, 15) is 24.3 Å². The first-order valence-electron chi connectivity index (χ1n) is 14.6. The minimum absolute atomic E-state index is 0.0216. The Bertz CT molecular complexity index is 873. The number of hydrogen-bond donors (Lipinski definition) is 5. The van der Waals surface area contributed by atoms with E-state index in [0.717, 1.165) is 25.0 Å². The first-order chi connectivity index (χ1) is 20.4. The summed E-state index contributed by atoms with van der Waals surface area (Å²) in [5.41, 5.74) is 0. The lowest BCUT2D eigenvalue weighted by atomic mass is 10.0. The van der Waals surface area contributed by atoms with Gasteiger partial charge in [-0.1, -0.05) is 12.3 Å². The number of rotatable bonds is 25. The van der Waals surface area contributed by atoms with E-state index < -0.39 is 17.9 Å². The van der Waals surface area contributed by atoms with Crippen molar-refractivity contribution < 1.29 is 43.2 Å². The number of carboxylic acids is 1. The Hall–Kier alpha value is -2.57. The number of hydrogen-bond acceptors (Lipinski definition) is 9. The third-order valence-electron chi connectivity index (χ3n) is 6.73. The molecule has 2 fully saturated rings. The minimum atomic E-state index is -1.09. The second-order valence-electron chi connectivity index (χ2n) is 10.0. The number of amides is 4. The Morgan fingerprint density at radius 2 is 1.62 bits per heavy atom. The van der Waals surface area contributed by atoms with Crippen LogP contribution in [0.15, 0.2) is 0 Å². The standard InChI is InChI=1S/C28H46N4O9S/c1-2-12-38-14-16-40-18-19-41-17-15-39-13-10-25(34)30-21(27(35)36)7-5-6-11-29-24(33)9-4-3-8-23-26-22(20-42-23)31-28(37)32-26/h1,21-23,26H,3-20H2,(H,29,33)(H,30,34)(H,35,36)(H2,31,32,37)/t21-,22-,23-,26-/m0/s1. The fourth-order valence-electron chi connectivity index (χ4n) is 4.54. The van der Waals surface area contributed by atoms with Crippen LogP contribution in [0.5, 0.6) is 0 Å². The lowest BCUT2D eigenvalue weighted by molar-refractivity contribution is -0.142. The molecule has 2 aliphatic heterocycles. The van der Waals surface area contributed by atoms with Crippen molar-refractivity contribution in [1.29, 1.82) is 0 Å². The molecule has 0 aromatic heterocycles. The van der Waals surface area contributed by atoms with Crippen LogP contribution in [0.3, 0.4) is 0 Å². The second kappa shape index (κ2) is 22.0. The monoisotopic (exact) mass is 614 g/mol. The quantitative estimate of drug-likeness (QED) is 0.0558. The largest absolute Gasteiger partial charge is 0.480 e. The summed E-state index contributed by atoms with van der Waals surface area (Å²) in [5.74, 6) is 1.79. The molecule has 42 heavy (non-hydrogen) atoms. The topological polar surface area (TPSA) is 174 Å². The molecule has 4 atom stereocenters. The molecular weight excluding hydrogens is 568 g/mol. The molecule has 0 bridgehead atoms. The highest BCUT2D eigenvalue weighted by Crippen LogP contribution is 2.33. The minimum Gasteiger partial charge on any atom is -0.480 e. The number of carbonyl (C=O) groups excluding carboxylic acids is 3. The van der Waals surface area contributed by atoms with E-state index in [-0.39, 0.29) is 50.1 Å². The van der Waals surface area contributed by atoms with Gasteiger partial charge in [-0.15, -0.1) is 6.42 Å². The number of ether oxygens (including phenoxy) is 4. The van der Waals surface area contributed by atoms with Crippen molar-refractivity contribution in [1.82, 2.24) is 21.3 Å². The lowest BCUT2D eigenvalue weighted by Crippen LogP contribution is -2.41. The molecule has 0 unspecified atom stereocenters. The van der Waals surface area contributed by atoms with E-state index >= 15 is 0 Å². The van der Waals surface area contributed by atoms with Crippen LogP contribution >= 0.6 is 11.8 Å². The number of aliphatic carboxylic acids is 1. The molecule has 0 aliphatic carbocycles. The molecule has 13 nitrogen and oxygen atoms in total. The molecule has 2 heterocycles. The van der Waals surface area contributed by atoms with Crippen LogP contribution in [-0.2, 0) is 33.3 Å². The summed E-state index contributed by atoms with van der Waals surface area (Å²) >= 11 is 1.87. The van der Waals surface area contributed by atoms with Gasteiger partial charge < -0.3 is 45.3 Å². The highest BCUT2D eigenvalue weighted by molar-refractivity contribution is 8.00. The maximum absolute atomic E-state index is 12.1. The van der Waals surface area contributed by atoms with E-state index in [1.165, 1.54) is 0 Å². The Labute approximate surface area is 252 Å². The van der Waals surface area contributed by atoms with Gasteiger partial charge >= 0.3 is 12.0 Å². The molecule has 0 aromatic rings. The highest BCUT2D eigenvalue weighted by atomic mass is 32.2. The SMILES string of the molecule is C#CCOCCOCCOCCOCCC(=O)N[C@@H](CCCCNC(=O)CCCC[C@@H]1SC[C@@H]2NC(=O)N[C@@H]21)C(=O)O. The number of carbonyl (C=O) groups is 4. The molecule has 5 N–H and O–H groups in total. The predicted octanol–water partition coefficient (Wildman–Crippen LogP) is 0.658. The molecule has 238 valence electrons. The average Bonchev–Trinajstić information content (AvgIpc) is 3.51. The summed E-state index contributed by atoms with van der Waals surface area (Å²) in [6.07, 6.45) is 9.67. The van der Waals surface area contributed by atoms with Gasteiger partial charge in [0.1, 0.15) is 12.6 Å². The van der Waals surface area contributed by atoms with E-state index in [2.05, 4.69) is 27.2 Å². The highest BCUT2D eigenvalue weighted by Gasteiger charge is 2.42. The molecule has 4 amide bonds. The number of thioether (sulfide) groups is 1. The van der Waals surface area contributed by atoms with Crippen LogP contribution in [0.25, 0.3) is 0 Å². The van der Waals surface area contributed by atoms with Crippen LogP contribution in [0.4, 0.5) is 4.79 Å². The lowest BCUT2D eigenvalue weighted by Gasteiger charge is -2.16. The van der Waals surface area contributed by atoms with Gasteiger partial charge in [0.2, 0.25) is 11.8 Å². The summed E-state index contributed by atoms with van der Waals surface area (Å²) in [4.78, 5) is 47.2. The third kappa shape index (κ3) is 15.6. The zero-order chi connectivity index (χ0) is 30.4. The molecule has 0 radical (unpaired) electrons. The van der Waals surface area contributed by atoms with E-state index in [0.29, 0.717) is 70.7 Å². The van der Waals surface area contributed by atoms with Gasteiger partial charge in [-0.2, -0.15) is 11.8 Å². The third-order valence-corrected chi connectivity index (χ3v) is 8.24. The van der Waals surface area contributed by atoms with Crippen LogP contribution in [-0.4, -0.2) is 117 Å². The summed E-state index contributed by atoms with van der Waals surface area (Å²) < 4.78 is 21.1. The molecule has 2 rings (SSSR count). The van der Waals surface area contributed by atoms with Crippen LogP contribution in [0.2, 0.25) is 0 Å². The summed E-state index contributed by atoms with van der Waals surface area (Å²) in [7, 11) is 0. The molecular formula is C28H46N4O9S. The predicted molar refractivity (Wildman–Crippen MR) is 157 cm³/mol.